The summed E-state index contributed by atoms with van der Waals surface area (Å²) in [6.45, 7) is 6.33. The van der Waals surface area contributed by atoms with Crippen molar-refractivity contribution in [1.82, 2.24) is 0 Å². The van der Waals surface area contributed by atoms with Gasteiger partial charge in [-0.25, -0.2) is 0 Å². The number of carbonyl (C=O) groups is 3. The zero-order valence-corrected chi connectivity index (χ0v) is 48.3. The molecule has 0 aromatic carbocycles. The van der Waals surface area contributed by atoms with Gasteiger partial charge in [0.2, 0.25) is 0 Å². The van der Waals surface area contributed by atoms with Crippen molar-refractivity contribution < 1.29 is 28.6 Å². The van der Waals surface area contributed by atoms with Gasteiger partial charge in [-0.15, -0.1) is 0 Å². The molecule has 75 heavy (non-hydrogen) atoms. The second-order valence-corrected chi connectivity index (χ2v) is 19.5. The summed E-state index contributed by atoms with van der Waals surface area (Å²) in [6, 6.07) is 0. The van der Waals surface area contributed by atoms with Gasteiger partial charge >= 0.3 is 17.9 Å². The van der Waals surface area contributed by atoms with Crippen LogP contribution in [0.4, 0.5) is 0 Å². The summed E-state index contributed by atoms with van der Waals surface area (Å²) in [5, 5.41) is 0. The minimum atomic E-state index is -0.825. The second-order valence-electron chi connectivity index (χ2n) is 19.5. The molecule has 0 aromatic rings. The van der Waals surface area contributed by atoms with Gasteiger partial charge in [0.05, 0.1) is 0 Å². The Morgan fingerprint density at radius 3 is 0.867 bits per heavy atom. The second kappa shape index (κ2) is 61.8. The normalized spacial score (nSPS) is 13.2. The molecule has 422 valence electrons. The van der Waals surface area contributed by atoms with Crippen LogP contribution in [0.15, 0.2) is 146 Å². The highest BCUT2D eigenvalue weighted by Crippen LogP contribution is 2.13. The Kier molecular flexibility index (Phi) is 58.0. The van der Waals surface area contributed by atoms with Crippen LogP contribution in [0.5, 0.6) is 0 Å². The molecule has 0 N–H and O–H groups in total. The van der Waals surface area contributed by atoms with Crippen LogP contribution in [-0.4, -0.2) is 37.2 Å². The van der Waals surface area contributed by atoms with Crippen molar-refractivity contribution in [2.24, 2.45) is 0 Å². The fourth-order valence-corrected chi connectivity index (χ4v) is 7.83. The zero-order chi connectivity index (χ0) is 54.3. The van der Waals surface area contributed by atoms with Crippen molar-refractivity contribution in [1.29, 1.82) is 0 Å². The molecule has 0 heterocycles. The van der Waals surface area contributed by atoms with E-state index >= 15 is 0 Å². The molecular weight excluding hydrogens is 925 g/mol. The van der Waals surface area contributed by atoms with Gasteiger partial charge in [-0.3, -0.25) is 14.4 Å². The van der Waals surface area contributed by atoms with Gasteiger partial charge in [0.25, 0.3) is 0 Å². The van der Waals surface area contributed by atoms with E-state index in [-0.39, 0.29) is 37.5 Å². The molecule has 0 aliphatic rings. The fourth-order valence-electron chi connectivity index (χ4n) is 7.83. The summed E-state index contributed by atoms with van der Waals surface area (Å²) in [5.41, 5.74) is 0. The lowest BCUT2D eigenvalue weighted by molar-refractivity contribution is -0.167. The monoisotopic (exact) mass is 1030 g/mol. The molecule has 0 bridgehead atoms. The highest BCUT2D eigenvalue weighted by atomic mass is 16.6. The number of esters is 3. The van der Waals surface area contributed by atoms with Gasteiger partial charge in [-0.2, -0.15) is 0 Å². The average molecular weight is 1040 g/mol. The standard InChI is InChI=1S/C69H110O6/c1-4-7-10-13-16-19-22-25-28-30-31-32-33-34-35-36-37-39-41-44-47-50-53-56-59-62-68(71)74-65-66(64-73-67(70)61-58-55-52-49-46-43-40-27-24-21-18-15-12-9-6-3)75-69(72)63-60-57-54-51-48-45-42-38-29-26-23-20-17-14-11-8-5-2/h7-8,10-11,16-17,19-20,25-29,31-32,34-35,37,39-40,42,45,51,54,66H,4-6,9,12-15,18,21-24,30,33,36,38,41,43-44,46-50,52-53,55-65H2,1-3H3/b10-7-,11-8-,19-16-,20-17-,28-25-,29-26-,32-31-,35-34-,39-37-,40-27-,45-42-,54-51-. The maximum atomic E-state index is 12.9. The third-order valence-corrected chi connectivity index (χ3v) is 12.3. The van der Waals surface area contributed by atoms with E-state index < -0.39 is 6.10 Å². The van der Waals surface area contributed by atoms with Gasteiger partial charge < -0.3 is 14.2 Å². The summed E-state index contributed by atoms with van der Waals surface area (Å²) in [7, 11) is 0. The van der Waals surface area contributed by atoms with E-state index in [2.05, 4.69) is 167 Å². The predicted octanol–water partition coefficient (Wildman–Crippen LogP) is 20.8. The van der Waals surface area contributed by atoms with E-state index in [1.54, 1.807) is 0 Å². The van der Waals surface area contributed by atoms with Gasteiger partial charge in [0.15, 0.2) is 6.10 Å². The summed E-state index contributed by atoms with van der Waals surface area (Å²) in [6.07, 6.45) is 88.4. The van der Waals surface area contributed by atoms with Crippen molar-refractivity contribution in [3.05, 3.63) is 146 Å². The Morgan fingerprint density at radius 2 is 0.533 bits per heavy atom. The van der Waals surface area contributed by atoms with Crippen molar-refractivity contribution in [3.8, 4) is 0 Å². The molecule has 0 aliphatic heterocycles. The Morgan fingerprint density at radius 1 is 0.280 bits per heavy atom. The molecule has 0 saturated heterocycles. The zero-order valence-electron chi connectivity index (χ0n) is 48.3. The van der Waals surface area contributed by atoms with Crippen LogP contribution >= 0.6 is 0 Å². The Bertz CT molecular complexity index is 1660. The number of hydrogen-bond donors (Lipinski definition) is 0. The molecule has 1 atom stereocenters. The van der Waals surface area contributed by atoms with E-state index in [0.29, 0.717) is 19.3 Å². The van der Waals surface area contributed by atoms with Crippen LogP contribution in [-0.2, 0) is 28.6 Å². The molecule has 6 heteroatoms. The van der Waals surface area contributed by atoms with E-state index in [1.165, 1.54) is 64.2 Å². The van der Waals surface area contributed by atoms with E-state index in [0.717, 1.165) is 141 Å². The third-order valence-electron chi connectivity index (χ3n) is 12.3. The molecule has 6 nitrogen and oxygen atoms in total. The van der Waals surface area contributed by atoms with Crippen molar-refractivity contribution >= 4 is 17.9 Å². The van der Waals surface area contributed by atoms with Crippen LogP contribution in [0.25, 0.3) is 0 Å². The number of carbonyl (C=O) groups excluding carboxylic acids is 3. The van der Waals surface area contributed by atoms with Crippen molar-refractivity contribution in [2.45, 2.75) is 258 Å². The van der Waals surface area contributed by atoms with Crippen LogP contribution in [0.2, 0.25) is 0 Å². The van der Waals surface area contributed by atoms with Crippen LogP contribution in [0.1, 0.15) is 252 Å². The van der Waals surface area contributed by atoms with E-state index in [4.69, 9.17) is 14.2 Å². The van der Waals surface area contributed by atoms with Crippen molar-refractivity contribution in [3.63, 3.8) is 0 Å². The van der Waals surface area contributed by atoms with Crippen LogP contribution in [0.3, 0.4) is 0 Å². The number of rotatable bonds is 53. The Labute approximate surface area is 461 Å². The number of unbranched alkanes of at least 4 members (excludes halogenated alkanes) is 18. The molecule has 0 rings (SSSR count). The molecule has 0 saturated carbocycles. The Balaban J connectivity index is 4.49. The lowest BCUT2D eigenvalue weighted by Crippen LogP contribution is -2.30. The highest BCUT2D eigenvalue weighted by molar-refractivity contribution is 5.71. The molecule has 0 aromatic heterocycles. The first-order valence-corrected chi connectivity index (χ1v) is 30.3. The minimum Gasteiger partial charge on any atom is -0.462 e. The van der Waals surface area contributed by atoms with Crippen LogP contribution < -0.4 is 0 Å². The van der Waals surface area contributed by atoms with Gasteiger partial charge in [-0.05, 0) is 135 Å². The van der Waals surface area contributed by atoms with Gasteiger partial charge in [-0.1, -0.05) is 244 Å². The van der Waals surface area contributed by atoms with Crippen LogP contribution in [0, 0.1) is 0 Å². The molecule has 1 unspecified atom stereocenters. The number of ether oxygens (including phenoxy) is 3. The first-order chi connectivity index (χ1) is 37.0. The molecule has 0 fully saturated rings. The first kappa shape index (κ1) is 70.3. The molecule has 0 aliphatic carbocycles. The summed E-state index contributed by atoms with van der Waals surface area (Å²) in [4.78, 5) is 38.2. The maximum absolute atomic E-state index is 12.9. The lowest BCUT2D eigenvalue weighted by atomic mass is 10.1. The SMILES string of the molecule is CC/C=C\C/C=C\C/C=C\C/C=C\C/C=C\C/C=C\CCCCCCCCC(=O)OCC(COC(=O)CCCCCCC/C=C\CCCCCCCC)OC(=O)CCC/C=C\C/C=C\C/C=C\C/C=C\C/C=C\CC. The number of allylic oxidation sites excluding steroid dienone is 24. The van der Waals surface area contributed by atoms with Gasteiger partial charge in [0, 0.05) is 19.3 Å². The predicted molar refractivity (Wildman–Crippen MR) is 325 cm³/mol. The summed E-state index contributed by atoms with van der Waals surface area (Å²) < 4.78 is 16.8. The third kappa shape index (κ3) is 60.0. The maximum Gasteiger partial charge on any atom is 0.306 e. The smallest absolute Gasteiger partial charge is 0.306 e. The topological polar surface area (TPSA) is 78.9 Å². The van der Waals surface area contributed by atoms with E-state index in [1.807, 2.05) is 0 Å². The largest absolute Gasteiger partial charge is 0.462 e. The quantitative estimate of drug-likeness (QED) is 0.0261. The van der Waals surface area contributed by atoms with Gasteiger partial charge in [0.1, 0.15) is 13.2 Å². The molecule has 0 amide bonds. The summed E-state index contributed by atoms with van der Waals surface area (Å²) in [5.74, 6) is -1.00. The highest BCUT2D eigenvalue weighted by Gasteiger charge is 2.19. The first-order valence-electron chi connectivity index (χ1n) is 30.3. The lowest BCUT2D eigenvalue weighted by Gasteiger charge is -2.18. The number of hydrogen-bond acceptors (Lipinski definition) is 6. The average Bonchev–Trinajstić information content (AvgIpc) is 3.41. The summed E-state index contributed by atoms with van der Waals surface area (Å²) >= 11 is 0. The molecular formula is C69H110O6. The molecule has 0 spiro atoms. The molecule has 0 radical (unpaired) electrons. The Hall–Kier alpha value is -4.71. The van der Waals surface area contributed by atoms with Crippen molar-refractivity contribution in [2.75, 3.05) is 13.2 Å². The van der Waals surface area contributed by atoms with E-state index in [9.17, 15) is 14.4 Å². The fraction of sp³-hybridized carbons (Fsp3) is 0.609. The minimum absolute atomic E-state index is 0.115.